The van der Waals surface area contributed by atoms with Crippen molar-refractivity contribution in [3.8, 4) is 0 Å². The van der Waals surface area contributed by atoms with Gasteiger partial charge < -0.3 is 0 Å². The number of hydrogen-bond donors (Lipinski definition) is 0. The van der Waals surface area contributed by atoms with Crippen LogP contribution in [0.15, 0.2) is 11.0 Å². The molecule has 90 valence electrons. The molecule has 1 aromatic heterocycles. The minimum absolute atomic E-state index is 0.0529. The topological polar surface area (TPSA) is 34.9 Å². The van der Waals surface area contributed by atoms with Crippen molar-refractivity contribution in [2.24, 2.45) is 0 Å². The summed E-state index contributed by atoms with van der Waals surface area (Å²) in [5, 5.41) is 5.22. The van der Waals surface area contributed by atoms with Gasteiger partial charge in [0.2, 0.25) is 0 Å². The fraction of sp³-hybridized carbons (Fsp3) is 0.600. The summed E-state index contributed by atoms with van der Waals surface area (Å²) in [5.41, 5.74) is -0.311. The summed E-state index contributed by atoms with van der Waals surface area (Å²) in [6.45, 7) is 0.595. The van der Waals surface area contributed by atoms with Crippen LogP contribution in [-0.4, -0.2) is 15.1 Å². The van der Waals surface area contributed by atoms with E-state index in [1.807, 2.05) is 0 Å². The quantitative estimate of drug-likeness (QED) is 0.592. The number of alkyl halides is 1. The maximum Gasteiger partial charge on any atom is 0.287 e. The minimum Gasteiger partial charge on any atom is -0.266 e. The predicted molar refractivity (Wildman–Crippen MR) is 70.8 cm³/mol. The SMILES string of the molecule is O=c1c(Cl)c(Cl)cnn1CCCCCCBr. The van der Waals surface area contributed by atoms with Gasteiger partial charge >= 0.3 is 0 Å². The highest BCUT2D eigenvalue weighted by Gasteiger charge is 2.06. The van der Waals surface area contributed by atoms with Crippen molar-refractivity contribution in [2.45, 2.75) is 32.2 Å². The zero-order valence-electron chi connectivity index (χ0n) is 8.76. The molecule has 1 heterocycles. The Morgan fingerprint density at radius 1 is 1.25 bits per heavy atom. The van der Waals surface area contributed by atoms with Crippen LogP contribution >= 0.6 is 39.1 Å². The normalized spacial score (nSPS) is 10.7. The van der Waals surface area contributed by atoms with Crippen LogP contribution in [0.5, 0.6) is 0 Å². The fourth-order valence-corrected chi connectivity index (χ4v) is 1.98. The molecular weight excluding hydrogens is 315 g/mol. The van der Waals surface area contributed by atoms with Gasteiger partial charge in [-0.2, -0.15) is 5.10 Å². The Labute approximate surface area is 113 Å². The first-order valence-corrected chi connectivity index (χ1v) is 7.01. The van der Waals surface area contributed by atoms with Crippen molar-refractivity contribution in [1.29, 1.82) is 0 Å². The average Bonchev–Trinajstić information content (AvgIpc) is 2.28. The van der Waals surface area contributed by atoms with E-state index in [9.17, 15) is 4.79 Å². The molecule has 0 aliphatic heterocycles. The van der Waals surface area contributed by atoms with Crippen LogP contribution in [0.4, 0.5) is 0 Å². The van der Waals surface area contributed by atoms with Gasteiger partial charge in [0.1, 0.15) is 5.02 Å². The molecule has 0 aliphatic carbocycles. The Morgan fingerprint density at radius 3 is 2.62 bits per heavy atom. The molecule has 1 aromatic rings. The molecule has 0 N–H and O–H groups in total. The van der Waals surface area contributed by atoms with Crippen LogP contribution in [0.2, 0.25) is 10.0 Å². The lowest BCUT2D eigenvalue weighted by Gasteiger charge is -2.04. The second-order valence-electron chi connectivity index (χ2n) is 3.44. The number of aryl methyl sites for hydroxylation is 1. The molecule has 0 atom stereocenters. The number of nitrogens with zero attached hydrogens (tertiary/aromatic N) is 2. The predicted octanol–water partition coefficient (Wildman–Crippen LogP) is 3.51. The first kappa shape index (κ1) is 14.0. The Hall–Kier alpha value is -0.0600. The third-order valence-electron chi connectivity index (χ3n) is 2.20. The number of rotatable bonds is 6. The van der Waals surface area contributed by atoms with Crippen molar-refractivity contribution in [1.82, 2.24) is 9.78 Å². The van der Waals surface area contributed by atoms with Crippen LogP contribution in [0.1, 0.15) is 25.7 Å². The second kappa shape index (κ2) is 7.30. The lowest BCUT2D eigenvalue weighted by Crippen LogP contribution is -2.23. The molecule has 0 radical (unpaired) electrons. The van der Waals surface area contributed by atoms with Gasteiger partial charge in [-0.05, 0) is 12.8 Å². The standard InChI is InChI=1S/C10H13BrCl2N2O/c11-5-3-1-2-4-6-15-10(16)9(13)8(12)7-14-15/h7H,1-6H2. The zero-order chi connectivity index (χ0) is 12.0. The molecule has 3 nitrogen and oxygen atoms in total. The molecule has 6 heteroatoms. The van der Waals surface area contributed by atoms with Crippen LogP contribution in [-0.2, 0) is 6.54 Å². The largest absolute Gasteiger partial charge is 0.287 e. The highest BCUT2D eigenvalue weighted by atomic mass is 79.9. The lowest BCUT2D eigenvalue weighted by atomic mass is 10.2. The highest BCUT2D eigenvalue weighted by molar-refractivity contribution is 9.09. The first-order valence-electron chi connectivity index (χ1n) is 5.14. The molecule has 0 aromatic carbocycles. The maximum atomic E-state index is 11.6. The Morgan fingerprint density at radius 2 is 1.94 bits per heavy atom. The Bertz CT molecular complexity index is 395. The molecule has 0 spiro atoms. The summed E-state index contributed by atoms with van der Waals surface area (Å²) in [6, 6.07) is 0. The number of aromatic nitrogens is 2. The molecule has 0 unspecified atom stereocenters. The van der Waals surface area contributed by atoms with Crippen LogP contribution in [0.3, 0.4) is 0 Å². The molecule has 0 fully saturated rings. The molecule has 1 rings (SSSR count). The van der Waals surface area contributed by atoms with Gasteiger partial charge in [-0.1, -0.05) is 52.0 Å². The van der Waals surface area contributed by atoms with E-state index in [0.717, 1.165) is 31.0 Å². The molecular formula is C10H13BrCl2N2O. The van der Waals surface area contributed by atoms with E-state index < -0.39 is 0 Å². The smallest absolute Gasteiger partial charge is 0.266 e. The average molecular weight is 328 g/mol. The molecule has 16 heavy (non-hydrogen) atoms. The van der Waals surface area contributed by atoms with Crippen molar-refractivity contribution >= 4 is 39.1 Å². The third-order valence-corrected chi connectivity index (χ3v) is 3.51. The molecule has 0 aliphatic rings. The summed E-state index contributed by atoms with van der Waals surface area (Å²) in [5.74, 6) is 0. The van der Waals surface area contributed by atoms with E-state index in [4.69, 9.17) is 23.2 Å². The Kier molecular flexibility index (Phi) is 6.39. The molecule has 0 bridgehead atoms. The summed E-state index contributed by atoms with van der Waals surface area (Å²) in [4.78, 5) is 11.6. The van der Waals surface area contributed by atoms with E-state index >= 15 is 0 Å². The van der Waals surface area contributed by atoms with E-state index in [0.29, 0.717) is 6.54 Å². The van der Waals surface area contributed by atoms with Gasteiger partial charge in [0.25, 0.3) is 5.56 Å². The van der Waals surface area contributed by atoms with Gasteiger partial charge in [-0.15, -0.1) is 0 Å². The van der Waals surface area contributed by atoms with Crippen molar-refractivity contribution in [2.75, 3.05) is 5.33 Å². The number of halogens is 3. The highest BCUT2D eigenvalue weighted by Crippen LogP contribution is 2.14. The fourth-order valence-electron chi connectivity index (χ4n) is 1.31. The summed E-state index contributed by atoms with van der Waals surface area (Å²) in [7, 11) is 0. The summed E-state index contributed by atoms with van der Waals surface area (Å²) in [6.07, 6.45) is 5.73. The van der Waals surface area contributed by atoms with E-state index in [2.05, 4.69) is 21.0 Å². The molecule has 0 saturated heterocycles. The van der Waals surface area contributed by atoms with Crippen molar-refractivity contribution in [3.63, 3.8) is 0 Å². The lowest BCUT2D eigenvalue weighted by molar-refractivity contribution is 0.520. The first-order chi connectivity index (χ1) is 7.66. The summed E-state index contributed by atoms with van der Waals surface area (Å²) < 4.78 is 1.36. The van der Waals surface area contributed by atoms with E-state index in [-0.39, 0.29) is 15.6 Å². The molecule has 0 amide bonds. The Balaban J connectivity index is 2.49. The van der Waals surface area contributed by atoms with Gasteiger partial charge in [-0.25, -0.2) is 4.68 Å². The molecule has 0 saturated carbocycles. The zero-order valence-corrected chi connectivity index (χ0v) is 11.9. The van der Waals surface area contributed by atoms with Gasteiger partial charge in [-0.3, -0.25) is 4.79 Å². The van der Waals surface area contributed by atoms with E-state index in [1.54, 1.807) is 0 Å². The van der Waals surface area contributed by atoms with Crippen LogP contribution in [0, 0.1) is 0 Å². The maximum absolute atomic E-state index is 11.6. The number of unbranched alkanes of at least 4 members (excludes halogenated alkanes) is 3. The van der Waals surface area contributed by atoms with Crippen molar-refractivity contribution in [3.05, 3.63) is 26.6 Å². The van der Waals surface area contributed by atoms with E-state index in [1.165, 1.54) is 10.9 Å². The van der Waals surface area contributed by atoms with Crippen LogP contribution in [0.25, 0.3) is 0 Å². The van der Waals surface area contributed by atoms with Crippen molar-refractivity contribution < 1.29 is 0 Å². The second-order valence-corrected chi connectivity index (χ2v) is 5.02. The third kappa shape index (κ3) is 4.07. The van der Waals surface area contributed by atoms with Crippen LogP contribution < -0.4 is 5.56 Å². The minimum atomic E-state index is -0.311. The van der Waals surface area contributed by atoms with Gasteiger partial charge in [0.15, 0.2) is 0 Å². The van der Waals surface area contributed by atoms with Gasteiger partial charge in [0, 0.05) is 11.9 Å². The number of hydrogen-bond acceptors (Lipinski definition) is 2. The summed E-state index contributed by atoms with van der Waals surface area (Å²) >= 11 is 14.8. The van der Waals surface area contributed by atoms with Gasteiger partial charge in [0.05, 0.1) is 11.2 Å². The monoisotopic (exact) mass is 326 g/mol.